The second kappa shape index (κ2) is 8.59. The number of methoxy groups -OCH3 is 1. The zero-order chi connectivity index (χ0) is 23.6. The van der Waals surface area contributed by atoms with Crippen molar-refractivity contribution in [1.82, 2.24) is 9.97 Å². The van der Waals surface area contributed by atoms with Gasteiger partial charge in [-0.15, -0.1) is 0 Å². The summed E-state index contributed by atoms with van der Waals surface area (Å²) in [6.45, 7) is 0. The van der Waals surface area contributed by atoms with Gasteiger partial charge in [-0.05, 0) is 30.3 Å². The molecule has 0 saturated heterocycles. The number of sulfonamides is 1. The summed E-state index contributed by atoms with van der Waals surface area (Å²) in [5.41, 5.74) is 6.99. The molecular formula is C21H18N6O5S. The van der Waals surface area contributed by atoms with Crippen molar-refractivity contribution in [3.63, 3.8) is 0 Å². The molecule has 4 rings (SSSR count). The summed E-state index contributed by atoms with van der Waals surface area (Å²) in [7, 11) is -2.68. The Morgan fingerprint density at radius 3 is 2.30 bits per heavy atom. The number of non-ortho nitro benzene ring substituents is 1. The van der Waals surface area contributed by atoms with E-state index in [1.807, 2.05) is 0 Å². The van der Waals surface area contributed by atoms with E-state index in [0.717, 1.165) is 0 Å². The number of nitrogens with zero attached hydrogens (tertiary/aromatic N) is 3. The Hall–Kier alpha value is -4.45. The summed E-state index contributed by atoms with van der Waals surface area (Å²) in [4.78, 5) is 19.5. The maximum Gasteiger partial charge on any atom is 0.275 e. The van der Waals surface area contributed by atoms with Crippen LogP contribution >= 0.6 is 0 Å². The van der Waals surface area contributed by atoms with Gasteiger partial charge in [0.25, 0.3) is 15.7 Å². The van der Waals surface area contributed by atoms with E-state index in [1.54, 1.807) is 30.3 Å². The minimum absolute atomic E-state index is 0.0451. The topological polar surface area (TPSA) is 162 Å². The van der Waals surface area contributed by atoms with E-state index in [2.05, 4.69) is 20.0 Å². The molecule has 0 saturated carbocycles. The third kappa shape index (κ3) is 4.75. The Morgan fingerprint density at radius 1 is 0.970 bits per heavy atom. The highest BCUT2D eigenvalue weighted by molar-refractivity contribution is 7.92. The van der Waals surface area contributed by atoms with Crippen LogP contribution in [0.3, 0.4) is 0 Å². The maximum atomic E-state index is 13.0. The van der Waals surface area contributed by atoms with Crippen molar-refractivity contribution in [1.29, 1.82) is 0 Å². The Morgan fingerprint density at radius 2 is 1.67 bits per heavy atom. The predicted octanol–water partition coefficient (Wildman–Crippen LogP) is 3.67. The van der Waals surface area contributed by atoms with Crippen molar-refractivity contribution in [2.75, 3.05) is 22.9 Å². The van der Waals surface area contributed by atoms with Crippen molar-refractivity contribution < 1.29 is 18.1 Å². The average molecular weight is 466 g/mol. The molecule has 168 valence electrons. The van der Waals surface area contributed by atoms with Gasteiger partial charge in [0.2, 0.25) is 0 Å². The minimum Gasteiger partial charge on any atom is -0.496 e. The number of rotatable bonds is 7. The lowest BCUT2D eigenvalue weighted by Crippen LogP contribution is -2.16. The molecular weight excluding hydrogens is 448 g/mol. The monoisotopic (exact) mass is 466 g/mol. The molecule has 0 amide bonds. The Labute approximate surface area is 188 Å². The summed E-state index contributed by atoms with van der Waals surface area (Å²) < 4.78 is 33.5. The first-order valence-electron chi connectivity index (χ1n) is 9.51. The molecule has 1 aromatic heterocycles. The third-order valence-corrected chi connectivity index (χ3v) is 5.91. The highest BCUT2D eigenvalue weighted by Crippen LogP contribution is 2.31. The lowest BCUT2D eigenvalue weighted by molar-refractivity contribution is -0.384. The molecule has 4 aromatic rings. The third-order valence-electron chi connectivity index (χ3n) is 4.57. The maximum absolute atomic E-state index is 13.0. The first-order chi connectivity index (χ1) is 15.7. The number of benzene rings is 3. The number of nitro groups is 1. The van der Waals surface area contributed by atoms with Gasteiger partial charge in [0.1, 0.15) is 5.75 Å². The quantitative estimate of drug-likeness (QED) is 0.209. The first-order valence-corrected chi connectivity index (χ1v) is 11.0. The van der Waals surface area contributed by atoms with Crippen LogP contribution in [0.2, 0.25) is 0 Å². The number of fused-ring (bicyclic) bond motifs is 1. The van der Waals surface area contributed by atoms with E-state index in [-0.39, 0.29) is 39.3 Å². The predicted molar refractivity (Wildman–Crippen MR) is 124 cm³/mol. The highest BCUT2D eigenvalue weighted by atomic mass is 32.2. The zero-order valence-electron chi connectivity index (χ0n) is 17.2. The Bertz CT molecular complexity index is 1480. The Balaban J connectivity index is 1.81. The smallest absolute Gasteiger partial charge is 0.275 e. The summed E-state index contributed by atoms with van der Waals surface area (Å²) in [6.07, 6.45) is 0. The van der Waals surface area contributed by atoms with Crippen LogP contribution in [-0.2, 0) is 10.0 Å². The van der Waals surface area contributed by atoms with Crippen LogP contribution in [0.4, 0.5) is 28.7 Å². The largest absolute Gasteiger partial charge is 0.496 e. The number of ether oxygens (including phenoxy) is 1. The summed E-state index contributed by atoms with van der Waals surface area (Å²) in [6, 6.07) is 16.7. The molecule has 0 bridgehead atoms. The number of hydrogen-bond donors (Lipinski definition) is 3. The first kappa shape index (κ1) is 21.8. The second-order valence-electron chi connectivity index (χ2n) is 6.89. The van der Waals surface area contributed by atoms with Gasteiger partial charge in [0.15, 0.2) is 11.6 Å². The van der Waals surface area contributed by atoms with E-state index in [9.17, 15) is 18.5 Å². The summed E-state index contributed by atoms with van der Waals surface area (Å²) in [5.74, 6) is 0.188. The zero-order valence-corrected chi connectivity index (χ0v) is 18.0. The van der Waals surface area contributed by atoms with Gasteiger partial charge in [0.05, 0.1) is 39.7 Å². The lowest BCUT2D eigenvalue weighted by Gasteiger charge is -2.14. The Kier molecular flexibility index (Phi) is 5.67. The molecule has 0 radical (unpaired) electrons. The number of hydrogen-bond acceptors (Lipinski definition) is 9. The highest BCUT2D eigenvalue weighted by Gasteiger charge is 2.20. The molecule has 0 spiro atoms. The van der Waals surface area contributed by atoms with Crippen LogP contribution in [-0.4, -0.2) is 30.4 Å². The molecule has 3 aromatic carbocycles. The fraction of sp³-hybridized carbons (Fsp3) is 0.0476. The molecule has 4 N–H and O–H groups in total. The van der Waals surface area contributed by atoms with E-state index in [4.69, 9.17) is 10.5 Å². The van der Waals surface area contributed by atoms with E-state index in [0.29, 0.717) is 11.0 Å². The van der Waals surface area contributed by atoms with Crippen LogP contribution in [0.5, 0.6) is 5.75 Å². The fourth-order valence-corrected chi connectivity index (χ4v) is 4.11. The van der Waals surface area contributed by atoms with Crippen LogP contribution in [0.25, 0.3) is 11.0 Å². The minimum atomic E-state index is -4.06. The number of nitrogen functional groups attached to an aromatic ring is 1. The number of nitrogens with one attached hydrogen (secondary N) is 2. The van der Waals surface area contributed by atoms with Gasteiger partial charge in [-0.1, -0.05) is 18.2 Å². The number of nitrogens with two attached hydrogens (primary N) is 1. The van der Waals surface area contributed by atoms with Gasteiger partial charge in [-0.3, -0.25) is 14.8 Å². The van der Waals surface area contributed by atoms with Crippen LogP contribution < -0.4 is 20.5 Å². The molecule has 0 fully saturated rings. The molecule has 0 aliphatic carbocycles. The molecule has 33 heavy (non-hydrogen) atoms. The molecule has 0 unspecified atom stereocenters. The van der Waals surface area contributed by atoms with Gasteiger partial charge >= 0.3 is 0 Å². The van der Waals surface area contributed by atoms with Crippen molar-refractivity contribution in [2.45, 2.75) is 4.90 Å². The lowest BCUT2D eigenvalue weighted by atomic mass is 10.2. The van der Waals surface area contributed by atoms with Crippen molar-refractivity contribution in [2.24, 2.45) is 0 Å². The SMILES string of the molecule is COc1cc(Nc2nc3ccccc3nc2NS(=O)(=O)c2cccc(N)c2)cc([N+](=O)[O-])c1. The van der Waals surface area contributed by atoms with Gasteiger partial charge in [-0.2, -0.15) is 0 Å². The van der Waals surface area contributed by atoms with Crippen molar-refractivity contribution in [3.8, 4) is 5.75 Å². The van der Waals surface area contributed by atoms with E-state index < -0.39 is 14.9 Å². The van der Waals surface area contributed by atoms with Crippen LogP contribution in [0, 0.1) is 10.1 Å². The van der Waals surface area contributed by atoms with Crippen molar-refractivity contribution in [3.05, 3.63) is 76.8 Å². The molecule has 12 heteroatoms. The van der Waals surface area contributed by atoms with Crippen LogP contribution in [0.15, 0.2) is 71.6 Å². The van der Waals surface area contributed by atoms with Crippen molar-refractivity contribution >= 4 is 49.8 Å². The summed E-state index contributed by atoms with van der Waals surface area (Å²) in [5, 5.41) is 14.2. The number of aromatic nitrogens is 2. The molecule has 0 atom stereocenters. The number of para-hydroxylation sites is 2. The molecule has 11 nitrogen and oxygen atoms in total. The van der Waals surface area contributed by atoms with Crippen LogP contribution in [0.1, 0.15) is 0 Å². The average Bonchev–Trinajstić information content (AvgIpc) is 2.79. The normalized spacial score (nSPS) is 11.2. The molecule has 0 aliphatic heterocycles. The fourth-order valence-electron chi connectivity index (χ4n) is 3.04. The standard InChI is InChI=1S/C21H18N6O5S/c1-32-16-11-14(10-15(12-16)27(28)29)23-20-21(25-19-8-3-2-7-18(19)24-20)26-33(30,31)17-6-4-5-13(22)9-17/h2-12H,22H2,1H3,(H,23,24)(H,25,26). The molecule has 0 aliphatic rings. The van der Waals surface area contributed by atoms with Gasteiger partial charge in [0, 0.05) is 17.8 Å². The second-order valence-corrected chi connectivity index (χ2v) is 8.57. The number of nitro benzene ring substituents is 1. The van der Waals surface area contributed by atoms with Gasteiger partial charge < -0.3 is 15.8 Å². The molecule has 1 heterocycles. The summed E-state index contributed by atoms with van der Waals surface area (Å²) >= 11 is 0. The van der Waals surface area contributed by atoms with E-state index in [1.165, 1.54) is 43.5 Å². The number of anilines is 4. The van der Waals surface area contributed by atoms with E-state index >= 15 is 0 Å². The van der Waals surface area contributed by atoms with Gasteiger partial charge in [-0.25, -0.2) is 18.4 Å².